The number of amides is 1. The minimum Gasteiger partial charge on any atom is -0.495 e. The summed E-state index contributed by atoms with van der Waals surface area (Å²) in [5.41, 5.74) is 0.523. The lowest BCUT2D eigenvalue weighted by Crippen LogP contribution is -2.48. The number of piperidine rings is 1. The van der Waals surface area contributed by atoms with Gasteiger partial charge in [0.05, 0.1) is 11.8 Å². The predicted octanol–water partition coefficient (Wildman–Crippen LogP) is 2.66. The molecule has 4 rings (SSSR count). The van der Waals surface area contributed by atoms with Gasteiger partial charge in [0.2, 0.25) is 0 Å². The maximum Gasteiger partial charge on any atom is 0.271 e. The quantitative estimate of drug-likeness (QED) is 0.939. The Kier molecular flexibility index (Phi) is 3.73. The van der Waals surface area contributed by atoms with Crippen molar-refractivity contribution in [1.29, 1.82) is 0 Å². The molecular formula is C17H21N3O2S. The van der Waals surface area contributed by atoms with Crippen LogP contribution >= 0.6 is 11.5 Å². The van der Waals surface area contributed by atoms with E-state index in [-0.39, 0.29) is 11.9 Å². The second-order valence-corrected chi connectivity index (χ2v) is 7.33. The highest BCUT2D eigenvalue weighted by Crippen LogP contribution is 2.35. The summed E-state index contributed by atoms with van der Waals surface area (Å²) in [6.07, 6.45) is 4.60. The van der Waals surface area contributed by atoms with E-state index in [1.807, 2.05) is 18.2 Å². The van der Waals surface area contributed by atoms with Crippen LogP contribution in [0.25, 0.3) is 10.1 Å². The molecule has 1 aromatic carbocycles. The van der Waals surface area contributed by atoms with Crippen molar-refractivity contribution in [2.45, 2.75) is 43.8 Å². The molecule has 2 bridgehead atoms. The Morgan fingerprint density at radius 1 is 1.35 bits per heavy atom. The van der Waals surface area contributed by atoms with Crippen LogP contribution < -0.4 is 10.1 Å². The molecule has 5 nitrogen and oxygen atoms in total. The number of benzene rings is 1. The van der Waals surface area contributed by atoms with Crippen LogP contribution in [0.15, 0.2) is 18.2 Å². The molecule has 0 unspecified atom stereocenters. The summed E-state index contributed by atoms with van der Waals surface area (Å²) in [6, 6.07) is 7.24. The molecule has 2 saturated heterocycles. The maximum absolute atomic E-state index is 12.7. The number of rotatable bonds is 3. The summed E-state index contributed by atoms with van der Waals surface area (Å²) >= 11 is 1.33. The number of carbonyl (C=O) groups is 1. The number of hydrogen-bond acceptors (Lipinski definition) is 5. The molecule has 0 aliphatic carbocycles. The smallest absolute Gasteiger partial charge is 0.271 e. The highest BCUT2D eigenvalue weighted by Gasteiger charge is 2.39. The zero-order chi connectivity index (χ0) is 16.0. The number of nitrogens with zero attached hydrogens (tertiary/aromatic N) is 2. The zero-order valence-electron chi connectivity index (χ0n) is 13.4. The van der Waals surface area contributed by atoms with E-state index in [0.29, 0.717) is 17.8 Å². The minimum atomic E-state index is -0.0570. The summed E-state index contributed by atoms with van der Waals surface area (Å²) in [5, 5.41) is 4.09. The van der Waals surface area contributed by atoms with Gasteiger partial charge in [-0.15, -0.1) is 0 Å². The first-order chi connectivity index (χ1) is 11.2. The van der Waals surface area contributed by atoms with Gasteiger partial charge in [-0.25, -0.2) is 0 Å². The van der Waals surface area contributed by atoms with E-state index in [9.17, 15) is 4.79 Å². The summed E-state index contributed by atoms with van der Waals surface area (Å²) in [7, 11) is 3.85. The summed E-state index contributed by atoms with van der Waals surface area (Å²) < 4.78 is 10.7. The highest BCUT2D eigenvalue weighted by atomic mass is 32.1. The molecule has 2 fully saturated rings. The van der Waals surface area contributed by atoms with Crippen molar-refractivity contribution in [3.8, 4) is 5.75 Å². The van der Waals surface area contributed by atoms with Gasteiger partial charge in [-0.1, -0.05) is 12.1 Å². The number of ether oxygens (including phenoxy) is 1. The summed E-state index contributed by atoms with van der Waals surface area (Å²) in [5.74, 6) is 0.717. The van der Waals surface area contributed by atoms with Crippen LogP contribution in [0.5, 0.6) is 5.75 Å². The van der Waals surface area contributed by atoms with E-state index in [1.54, 1.807) is 7.11 Å². The molecule has 3 heterocycles. The molecule has 2 aromatic rings. The first-order valence-electron chi connectivity index (χ1n) is 8.12. The lowest BCUT2D eigenvalue weighted by atomic mass is 9.98. The fourth-order valence-corrected chi connectivity index (χ4v) is 4.91. The second kappa shape index (κ2) is 5.76. The molecule has 0 saturated carbocycles. The van der Waals surface area contributed by atoms with Gasteiger partial charge in [0, 0.05) is 23.5 Å². The summed E-state index contributed by atoms with van der Waals surface area (Å²) in [4.78, 5) is 15.2. The van der Waals surface area contributed by atoms with Crippen LogP contribution in [0, 0.1) is 0 Å². The number of nitrogens with one attached hydrogen (secondary N) is 1. The molecule has 6 heteroatoms. The average Bonchev–Trinajstić information content (AvgIpc) is 3.05. The van der Waals surface area contributed by atoms with Crippen LogP contribution in [-0.2, 0) is 0 Å². The van der Waals surface area contributed by atoms with Gasteiger partial charge in [-0.05, 0) is 50.3 Å². The van der Waals surface area contributed by atoms with Crippen molar-refractivity contribution in [1.82, 2.24) is 14.6 Å². The van der Waals surface area contributed by atoms with Gasteiger partial charge < -0.3 is 15.0 Å². The first kappa shape index (κ1) is 14.9. The van der Waals surface area contributed by atoms with Crippen molar-refractivity contribution >= 4 is 27.5 Å². The third-order valence-electron chi connectivity index (χ3n) is 5.33. The Hall–Kier alpha value is -1.66. The Morgan fingerprint density at radius 3 is 2.78 bits per heavy atom. The van der Waals surface area contributed by atoms with Crippen molar-refractivity contribution in [3.63, 3.8) is 0 Å². The third kappa shape index (κ3) is 2.50. The summed E-state index contributed by atoms with van der Waals surface area (Å²) in [6.45, 7) is 0. The molecular weight excluding hydrogens is 310 g/mol. The van der Waals surface area contributed by atoms with Crippen LogP contribution in [0.4, 0.5) is 0 Å². The Morgan fingerprint density at radius 2 is 2.09 bits per heavy atom. The molecule has 1 amide bonds. The maximum atomic E-state index is 12.7. The van der Waals surface area contributed by atoms with E-state index in [2.05, 4.69) is 21.6 Å². The van der Waals surface area contributed by atoms with Crippen molar-refractivity contribution in [2.75, 3.05) is 14.2 Å². The predicted molar refractivity (Wildman–Crippen MR) is 91.2 cm³/mol. The first-order valence-corrected chi connectivity index (χ1v) is 8.90. The van der Waals surface area contributed by atoms with E-state index < -0.39 is 0 Å². The van der Waals surface area contributed by atoms with Crippen molar-refractivity contribution in [2.24, 2.45) is 0 Å². The number of methoxy groups -OCH3 is 1. The van der Waals surface area contributed by atoms with Gasteiger partial charge in [0.1, 0.15) is 11.4 Å². The molecule has 122 valence electrons. The fourth-order valence-electron chi connectivity index (χ4n) is 4.04. The van der Waals surface area contributed by atoms with E-state index >= 15 is 0 Å². The fraction of sp³-hybridized carbons (Fsp3) is 0.529. The Labute approximate surface area is 139 Å². The molecule has 2 aliphatic rings. The molecule has 2 aliphatic heterocycles. The van der Waals surface area contributed by atoms with E-state index in [4.69, 9.17) is 4.74 Å². The topological polar surface area (TPSA) is 54.5 Å². The van der Waals surface area contributed by atoms with Gasteiger partial charge in [-0.2, -0.15) is 4.37 Å². The molecule has 0 radical (unpaired) electrons. The third-order valence-corrected chi connectivity index (χ3v) is 6.21. The van der Waals surface area contributed by atoms with E-state index in [0.717, 1.165) is 28.7 Å². The monoisotopic (exact) mass is 331 g/mol. The lowest BCUT2D eigenvalue weighted by molar-refractivity contribution is 0.0880. The van der Waals surface area contributed by atoms with Gasteiger partial charge in [-0.3, -0.25) is 4.79 Å². The standard InChI is InChI=1S/C17H21N3O2S/c1-20-11-6-7-12(20)9-10(8-11)18-17(21)15-13-4-3-5-14(22-2)16(13)23-19-15/h3-5,10-12H,6-9H2,1-2H3,(H,18,21)/t10-,11+,12-. The lowest BCUT2D eigenvalue weighted by Gasteiger charge is -2.36. The van der Waals surface area contributed by atoms with Crippen molar-refractivity contribution < 1.29 is 9.53 Å². The van der Waals surface area contributed by atoms with Crippen LogP contribution in [0.3, 0.4) is 0 Å². The molecule has 23 heavy (non-hydrogen) atoms. The largest absolute Gasteiger partial charge is 0.495 e. The SMILES string of the molecule is COc1cccc2c(C(=O)N[C@H]3C[C@H]4CC[C@@H](C3)N4C)nsc12. The number of hydrogen-bond donors (Lipinski definition) is 1. The van der Waals surface area contributed by atoms with E-state index in [1.165, 1.54) is 24.4 Å². The normalized spacial score (nSPS) is 27.3. The Bertz CT molecular complexity index is 731. The molecule has 1 aromatic heterocycles. The van der Waals surface area contributed by atoms with Gasteiger partial charge in [0.15, 0.2) is 0 Å². The van der Waals surface area contributed by atoms with Gasteiger partial charge in [0.25, 0.3) is 5.91 Å². The van der Waals surface area contributed by atoms with Crippen LogP contribution in [0.2, 0.25) is 0 Å². The molecule has 3 atom stereocenters. The van der Waals surface area contributed by atoms with Crippen LogP contribution in [-0.4, -0.2) is 47.5 Å². The zero-order valence-corrected chi connectivity index (χ0v) is 14.2. The minimum absolute atomic E-state index is 0.0570. The number of fused-ring (bicyclic) bond motifs is 3. The van der Waals surface area contributed by atoms with Crippen LogP contribution in [0.1, 0.15) is 36.2 Å². The molecule has 1 N–H and O–H groups in total. The number of carbonyl (C=O) groups excluding carboxylic acids is 1. The number of aromatic nitrogens is 1. The highest BCUT2D eigenvalue weighted by molar-refractivity contribution is 7.14. The average molecular weight is 331 g/mol. The Balaban J connectivity index is 1.54. The van der Waals surface area contributed by atoms with Crippen molar-refractivity contribution in [3.05, 3.63) is 23.9 Å². The molecule has 0 spiro atoms. The van der Waals surface area contributed by atoms with Gasteiger partial charge >= 0.3 is 0 Å². The second-order valence-electron chi connectivity index (χ2n) is 6.56.